The van der Waals surface area contributed by atoms with Gasteiger partial charge in [-0.2, -0.15) is 0 Å². The van der Waals surface area contributed by atoms with Crippen molar-refractivity contribution in [1.82, 2.24) is 9.80 Å². The van der Waals surface area contributed by atoms with Crippen LogP contribution < -0.4 is 0 Å². The molecular weight excluding hydrogens is 180 g/mol. The van der Waals surface area contributed by atoms with Crippen LogP contribution in [0.5, 0.6) is 0 Å². The van der Waals surface area contributed by atoms with Crippen molar-refractivity contribution in [3.05, 3.63) is 0 Å². The second kappa shape index (κ2) is 3.21. The van der Waals surface area contributed by atoms with Gasteiger partial charge in [-0.25, -0.2) is 0 Å². The zero-order valence-corrected chi connectivity index (χ0v) is 8.86. The minimum absolute atomic E-state index is 0.231. The van der Waals surface area contributed by atoms with Crippen LogP contribution >= 0.6 is 0 Å². The van der Waals surface area contributed by atoms with E-state index in [2.05, 4.69) is 4.90 Å². The second-order valence-corrected chi connectivity index (χ2v) is 4.57. The normalized spacial score (nSPS) is 37.8. The summed E-state index contributed by atoms with van der Waals surface area (Å²) in [5.41, 5.74) is -0.628. The fourth-order valence-electron chi connectivity index (χ4n) is 3.08. The van der Waals surface area contributed by atoms with Crippen LogP contribution in [0.3, 0.4) is 0 Å². The van der Waals surface area contributed by atoms with Gasteiger partial charge < -0.3 is 5.11 Å². The maximum atomic E-state index is 11.4. The number of hydrogen-bond acceptors (Lipinski definition) is 3. The molecule has 4 nitrogen and oxygen atoms in total. The van der Waals surface area contributed by atoms with Gasteiger partial charge in [-0.15, -0.1) is 0 Å². The molecule has 2 atom stereocenters. The first kappa shape index (κ1) is 9.93. The summed E-state index contributed by atoms with van der Waals surface area (Å²) < 4.78 is 0. The summed E-state index contributed by atoms with van der Waals surface area (Å²) in [6.07, 6.45) is 2.94. The minimum atomic E-state index is -0.656. The number of hydrogen-bond donors (Lipinski definition) is 1. The first-order chi connectivity index (χ1) is 6.59. The highest BCUT2D eigenvalue weighted by atomic mass is 16.4. The fraction of sp³-hybridized carbons (Fsp3) is 0.900. The average Bonchev–Trinajstić information content (AvgIpc) is 2.60. The summed E-state index contributed by atoms with van der Waals surface area (Å²) >= 11 is 0. The van der Waals surface area contributed by atoms with Crippen LogP contribution in [0.4, 0.5) is 0 Å². The topological polar surface area (TPSA) is 43.8 Å². The Morgan fingerprint density at radius 3 is 2.79 bits per heavy atom. The Labute approximate surface area is 84.5 Å². The standard InChI is InChI=1S/C10H18N2O2/c1-11(2)10(9(13)14)5-7-12-6-3-4-8(10)12/h8H,3-7H2,1-2H3,(H,13,14). The Balaban J connectivity index is 2.31. The summed E-state index contributed by atoms with van der Waals surface area (Å²) in [6, 6.07) is 0.231. The lowest BCUT2D eigenvalue weighted by Crippen LogP contribution is -2.57. The molecule has 2 aliphatic rings. The highest BCUT2D eigenvalue weighted by molar-refractivity contribution is 5.80. The molecule has 2 rings (SSSR count). The first-order valence-corrected chi connectivity index (χ1v) is 5.24. The molecule has 2 heterocycles. The van der Waals surface area contributed by atoms with Crippen LogP contribution in [0, 0.1) is 0 Å². The van der Waals surface area contributed by atoms with Crippen LogP contribution in [0.15, 0.2) is 0 Å². The van der Waals surface area contributed by atoms with Crippen LogP contribution in [0.25, 0.3) is 0 Å². The molecule has 0 spiro atoms. The van der Waals surface area contributed by atoms with Crippen LogP contribution in [-0.4, -0.2) is 59.6 Å². The minimum Gasteiger partial charge on any atom is -0.480 e. The molecular formula is C10H18N2O2. The number of carbonyl (C=O) groups is 1. The van der Waals surface area contributed by atoms with E-state index in [-0.39, 0.29) is 6.04 Å². The Hall–Kier alpha value is -0.610. The van der Waals surface area contributed by atoms with Crippen molar-refractivity contribution in [2.24, 2.45) is 0 Å². The van der Waals surface area contributed by atoms with Crippen molar-refractivity contribution in [2.75, 3.05) is 27.2 Å². The van der Waals surface area contributed by atoms with E-state index in [0.717, 1.165) is 32.4 Å². The van der Waals surface area contributed by atoms with Crippen LogP contribution in [0.1, 0.15) is 19.3 Å². The third kappa shape index (κ3) is 1.10. The van der Waals surface area contributed by atoms with Crippen LogP contribution in [-0.2, 0) is 4.79 Å². The summed E-state index contributed by atoms with van der Waals surface area (Å²) in [7, 11) is 3.77. The number of aliphatic carboxylic acids is 1. The van der Waals surface area contributed by atoms with Crippen molar-refractivity contribution >= 4 is 5.97 Å². The van der Waals surface area contributed by atoms with E-state index < -0.39 is 11.5 Å². The van der Waals surface area contributed by atoms with Crippen molar-refractivity contribution in [3.8, 4) is 0 Å². The largest absolute Gasteiger partial charge is 0.480 e. The maximum Gasteiger partial charge on any atom is 0.325 e. The summed E-state index contributed by atoms with van der Waals surface area (Å²) in [5, 5.41) is 9.41. The predicted molar refractivity (Wildman–Crippen MR) is 53.3 cm³/mol. The van der Waals surface area contributed by atoms with Crippen LogP contribution in [0.2, 0.25) is 0 Å². The van der Waals surface area contributed by atoms with Gasteiger partial charge in [-0.1, -0.05) is 0 Å². The monoisotopic (exact) mass is 198 g/mol. The quantitative estimate of drug-likeness (QED) is 0.690. The smallest absolute Gasteiger partial charge is 0.325 e. The number of carboxylic acid groups (broad SMARTS) is 1. The van der Waals surface area contributed by atoms with E-state index in [0.29, 0.717) is 0 Å². The Morgan fingerprint density at radius 1 is 1.50 bits per heavy atom. The van der Waals surface area contributed by atoms with E-state index in [1.165, 1.54) is 0 Å². The zero-order valence-electron chi connectivity index (χ0n) is 8.86. The molecule has 4 heteroatoms. The van der Waals surface area contributed by atoms with E-state index >= 15 is 0 Å². The highest BCUT2D eigenvalue weighted by Crippen LogP contribution is 2.39. The van der Waals surface area contributed by atoms with Crippen molar-refractivity contribution in [1.29, 1.82) is 0 Å². The number of likely N-dealkylation sites (N-methyl/N-ethyl adjacent to an activating group) is 1. The van der Waals surface area contributed by atoms with E-state index in [1.54, 1.807) is 0 Å². The third-order valence-corrected chi connectivity index (χ3v) is 3.86. The maximum absolute atomic E-state index is 11.4. The molecule has 2 unspecified atom stereocenters. The van der Waals surface area contributed by atoms with E-state index in [4.69, 9.17) is 0 Å². The Morgan fingerprint density at radius 2 is 2.21 bits per heavy atom. The van der Waals surface area contributed by atoms with Gasteiger partial charge in [0.05, 0.1) is 0 Å². The van der Waals surface area contributed by atoms with Gasteiger partial charge in [-0.3, -0.25) is 14.6 Å². The molecule has 0 saturated carbocycles. The highest BCUT2D eigenvalue weighted by Gasteiger charge is 2.55. The molecule has 0 aromatic rings. The predicted octanol–water partition coefficient (Wildman–Crippen LogP) is 0.239. The molecule has 0 aromatic heterocycles. The Kier molecular flexibility index (Phi) is 2.27. The summed E-state index contributed by atoms with van der Waals surface area (Å²) in [4.78, 5) is 15.7. The van der Waals surface area contributed by atoms with Gasteiger partial charge >= 0.3 is 5.97 Å². The number of nitrogens with zero attached hydrogens (tertiary/aromatic N) is 2. The zero-order chi connectivity index (χ0) is 10.3. The lowest BCUT2D eigenvalue weighted by Gasteiger charge is -2.37. The molecule has 2 saturated heterocycles. The van der Waals surface area contributed by atoms with Gasteiger partial charge in [0.1, 0.15) is 5.54 Å². The molecule has 2 fully saturated rings. The lowest BCUT2D eigenvalue weighted by molar-refractivity contribution is -0.151. The molecule has 0 aromatic carbocycles. The average molecular weight is 198 g/mol. The Bertz CT molecular complexity index is 255. The van der Waals surface area contributed by atoms with Gasteiger partial charge in [0.25, 0.3) is 0 Å². The molecule has 80 valence electrons. The molecule has 1 N–H and O–H groups in total. The summed E-state index contributed by atoms with van der Waals surface area (Å²) in [6.45, 7) is 2.02. The molecule has 14 heavy (non-hydrogen) atoms. The molecule has 0 amide bonds. The molecule has 0 bridgehead atoms. The van der Waals surface area contributed by atoms with Crippen molar-refractivity contribution < 1.29 is 9.90 Å². The number of rotatable bonds is 2. The van der Waals surface area contributed by atoms with Gasteiger partial charge in [-0.05, 0) is 39.9 Å². The molecule has 2 aliphatic heterocycles. The summed E-state index contributed by atoms with van der Waals surface area (Å²) in [5.74, 6) is -0.656. The SMILES string of the molecule is CN(C)C1(C(=O)O)CCN2CCCC21. The number of carboxylic acids is 1. The van der Waals surface area contributed by atoms with Crippen molar-refractivity contribution in [2.45, 2.75) is 30.8 Å². The van der Waals surface area contributed by atoms with Gasteiger partial charge in [0.2, 0.25) is 0 Å². The van der Waals surface area contributed by atoms with E-state index in [1.807, 2.05) is 19.0 Å². The van der Waals surface area contributed by atoms with Gasteiger partial charge in [0, 0.05) is 12.6 Å². The second-order valence-electron chi connectivity index (χ2n) is 4.57. The van der Waals surface area contributed by atoms with Crippen molar-refractivity contribution in [3.63, 3.8) is 0 Å². The molecule has 0 radical (unpaired) electrons. The third-order valence-electron chi connectivity index (χ3n) is 3.86. The first-order valence-electron chi connectivity index (χ1n) is 5.24. The number of fused-ring (bicyclic) bond motifs is 1. The lowest BCUT2D eigenvalue weighted by atomic mass is 9.87. The van der Waals surface area contributed by atoms with E-state index in [9.17, 15) is 9.90 Å². The fourth-order valence-corrected chi connectivity index (χ4v) is 3.08. The van der Waals surface area contributed by atoms with Gasteiger partial charge in [0.15, 0.2) is 0 Å². The molecule has 0 aliphatic carbocycles.